The molecule has 0 saturated carbocycles. The molecule has 1 aromatic heterocycles. The molecule has 0 bridgehead atoms. The van der Waals surface area contributed by atoms with E-state index in [1.165, 1.54) is 12.1 Å². The lowest BCUT2D eigenvalue weighted by molar-refractivity contribution is 0.103. The van der Waals surface area contributed by atoms with Gasteiger partial charge in [0.25, 0.3) is 5.24 Å². The highest BCUT2D eigenvalue weighted by atomic mass is 35.5. The zero-order valence-electron chi connectivity index (χ0n) is 5.76. The fourth-order valence-electron chi connectivity index (χ4n) is 0.633. The Labute approximate surface area is 75.7 Å². The topological polar surface area (TPSA) is 47.3 Å². The number of carbonyl (C=O) groups is 2. The Morgan fingerprint density at radius 2 is 1.91 bits per heavy atom. The minimum atomic E-state index is -0.681. The van der Waals surface area contributed by atoms with E-state index in [1.807, 2.05) is 0 Å². The van der Waals surface area contributed by atoms with Gasteiger partial charge in [-0.1, -0.05) is 0 Å². The van der Waals surface area contributed by atoms with Crippen LogP contribution in [0.4, 0.5) is 0 Å². The molecule has 0 atom stereocenters. The van der Waals surface area contributed by atoms with Gasteiger partial charge < -0.3 is 9.21 Å². The first-order chi connectivity index (χ1) is 5.11. The molecule has 0 spiro atoms. The van der Waals surface area contributed by atoms with E-state index in [2.05, 4.69) is 0 Å². The highest BCUT2D eigenvalue weighted by Gasteiger charge is 2.09. The highest BCUT2D eigenvalue weighted by Crippen LogP contribution is 2.09. The Hall–Kier alpha value is -0.558. The third-order valence-electron chi connectivity index (χ3n) is 1.15. The van der Waals surface area contributed by atoms with E-state index in [0.717, 1.165) is 0 Å². The fraction of sp³-hybridized carbons (Fsp3) is 0. The molecule has 5 heteroatoms. The molecule has 0 saturated heterocycles. The molecule has 1 rings (SSSR count). The Kier molecular flexibility index (Phi) is 2.50. The predicted octanol–water partition coefficient (Wildman–Crippen LogP) is 0.432. The lowest BCUT2D eigenvalue weighted by atomic mass is 10.4. The maximum atomic E-state index is 10.7. The summed E-state index contributed by atoms with van der Waals surface area (Å²) in [6, 6.07) is 2.84. The summed E-state index contributed by atoms with van der Waals surface area (Å²) in [5, 5.41) is -0.681. The van der Waals surface area contributed by atoms with E-state index < -0.39 is 5.24 Å². The number of halogens is 1. The van der Waals surface area contributed by atoms with Gasteiger partial charge in [-0.2, -0.15) is 0 Å². The molecule has 0 aliphatic rings. The lowest BCUT2D eigenvalue weighted by Gasteiger charge is -1.85. The first-order valence-electron chi connectivity index (χ1n) is 2.92. The second-order valence-electron chi connectivity index (χ2n) is 1.99. The maximum Gasteiger partial charge on any atom is 0.332 e. The molecule has 0 aliphatic heterocycles. The maximum absolute atomic E-state index is 10.7. The van der Waals surface area contributed by atoms with Crippen LogP contribution in [0.1, 0.15) is 21.1 Å². The molecule has 0 amide bonds. The first kappa shape index (κ1) is 8.54. The Balaban J connectivity index is 2.99. The van der Waals surface area contributed by atoms with Crippen molar-refractivity contribution in [3.05, 3.63) is 23.7 Å². The van der Waals surface area contributed by atoms with Crippen molar-refractivity contribution in [1.29, 1.82) is 0 Å². The van der Waals surface area contributed by atoms with Crippen molar-refractivity contribution in [2.75, 3.05) is 0 Å². The fourth-order valence-corrected chi connectivity index (χ4v) is 1.00. The van der Waals surface area contributed by atoms with Crippen molar-refractivity contribution in [1.82, 2.24) is 0 Å². The van der Waals surface area contributed by atoms with E-state index in [1.54, 1.807) is 0 Å². The van der Waals surface area contributed by atoms with Crippen molar-refractivity contribution in [2.24, 2.45) is 0 Å². The molecular formula is C6H4AlClO3. The van der Waals surface area contributed by atoms with Crippen molar-refractivity contribution in [3.63, 3.8) is 0 Å². The minimum Gasteiger partial charge on any atom is -0.450 e. The summed E-state index contributed by atoms with van der Waals surface area (Å²) in [5.41, 5.74) is 0. The molecule has 3 nitrogen and oxygen atoms in total. The van der Waals surface area contributed by atoms with Gasteiger partial charge in [0.05, 0.1) is 0 Å². The summed E-state index contributed by atoms with van der Waals surface area (Å²) >= 11 is 5.47. The summed E-state index contributed by atoms with van der Waals surface area (Å²) in [5.74, 6) is 0.228. The van der Waals surface area contributed by atoms with Crippen LogP contribution in [-0.4, -0.2) is 26.2 Å². The van der Waals surface area contributed by atoms with E-state index in [9.17, 15) is 9.59 Å². The number of furan rings is 1. The van der Waals surface area contributed by atoms with E-state index in [0.29, 0.717) is 16.3 Å². The van der Waals surface area contributed by atoms with Crippen LogP contribution >= 0.6 is 11.6 Å². The molecule has 0 unspecified atom stereocenters. The smallest absolute Gasteiger partial charge is 0.332 e. The third kappa shape index (κ3) is 1.93. The molecule has 56 valence electrons. The summed E-state index contributed by atoms with van der Waals surface area (Å²) in [7, 11) is 0. The summed E-state index contributed by atoms with van der Waals surface area (Å²) in [6.45, 7) is 0. The van der Waals surface area contributed by atoms with E-state index in [-0.39, 0.29) is 16.2 Å². The Bertz CT molecular complexity index is 276. The Morgan fingerprint density at radius 1 is 1.36 bits per heavy atom. The standard InChI is InChI=1S/C6H2ClO3.Al.2H/c7-6(9)5-2-1-4(3-8)10-5;;;/h1-2H;;;. The van der Waals surface area contributed by atoms with Gasteiger partial charge in [-0.15, -0.1) is 0 Å². The number of hydrogen-bond acceptors (Lipinski definition) is 3. The van der Waals surface area contributed by atoms with Crippen molar-refractivity contribution >= 4 is 37.8 Å². The van der Waals surface area contributed by atoms with Gasteiger partial charge in [-0.05, 0) is 23.7 Å². The van der Waals surface area contributed by atoms with Crippen LogP contribution in [0, 0.1) is 0 Å². The molecule has 11 heavy (non-hydrogen) atoms. The second kappa shape index (κ2) is 3.23. The van der Waals surface area contributed by atoms with Crippen LogP contribution in [0.3, 0.4) is 0 Å². The monoisotopic (exact) mass is 186 g/mol. The summed E-state index contributed by atoms with van der Waals surface area (Å²) in [4.78, 5) is 21.1. The van der Waals surface area contributed by atoms with Crippen LogP contribution in [-0.2, 0) is 0 Å². The van der Waals surface area contributed by atoms with E-state index >= 15 is 0 Å². The molecule has 0 aliphatic carbocycles. The SMILES string of the molecule is O=[C]([AlH2])c1ccc(C(=O)Cl)o1. The van der Waals surface area contributed by atoms with E-state index in [4.69, 9.17) is 16.0 Å². The van der Waals surface area contributed by atoms with Crippen molar-refractivity contribution < 1.29 is 14.0 Å². The molecule has 0 radical (unpaired) electrons. The first-order valence-corrected chi connectivity index (χ1v) is 4.29. The molecule has 1 aromatic rings. The van der Waals surface area contributed by atoms with Gasteiger partial charge in [0, 0.05) is 0 Å². The lowest BCUT2D eigenvalue weighted by Crippen LogP contribution is -1.93. The average Bonchev–Trinajstić information content (AvgIpc) is 2.33. The number of rotatable bonds is 2. The largest absolute Gasteiger partial charge is 0.450 e. The summed E-state index contributed by atoms with van der Waals surface area (Å²) < 4.78 is 4.72. The zero-order chi connectivity index (χ0) is 8.43. The van der Waals surface area contributed by atoms with Gasteiger partial charge in [0.1, 0.15) is 4.65 Å². The van der Waals surface area contributed by atoms with Gasteiger partial charge in [0.2, 0.25) is 0 Å². The molecular weight excluding hydrogens is 182 g/mol. The van der Waals surface area contributed by atoms with Crippen LogP contribution < -0.4 is 0 Å². The summed E-state index contributed by atoms with van der Waals surface area (Å²) in [6.07, 6.45) is 0. The second-order valence-corrected chi connectivity index (χ2v) is 3.25. The van der Waals surface area contributed by atoms with Gasteiger partial charge in [-0.3, -0.25) is 4.79 Å². The number of carbonyl (C=O) groups excluding carboxylic acids is 2. The van der Waals surface area contributed by atoms with Crippen molar-refractivity contribution in [2.45, 2.75) is 0 Å². The van der Waals surface area contributed by atoms with Gasteiger partial charge in [0.15, 0.2) is 11.5 Å². The molecule has 0 N–H and O–H groups in total. The van der Waals surface area contributed by atoms with Gasteiger partial charge in [-0.25, -0.2) is 0 Å². The quantitative estimate of drug-likeness (QED) is 0.497. The average molecular weight is 187 g/mol. The normalized spacial score (nSPS) is 9.55. The number of hydrogen-bond donors (Lipinski definition) is 0. The van der Waals surface area contributed by atoms with Crippen molar-refractivity contribution in [3.8, 4) is 0 Å². The van der Waals surface area contributed by atoms with Crippen LogP contribution in [0.5, 0.6) is 0 Å². The predicted molar refractivity (Wildman–Crippen MR) is 41.8 cm³/mol. The molecule has 1 heterocycles. The van der Waals surface area contributed by atoms with Crippen LogP contribution in [0.25, 0.3) is 0 Å². The Morgan fingerprint density at radius 3 is 2.18 bits per heavy atom. The molecule has 0 aromatic carbocycles. The zero-order valence-corrected chi connectivity index (χ0v) is 8.51. The van der Waals surface area contributed by atoms with Crippen LogP contribution in [0.2, 0.25) is 0 Å². The highest BCUT2D eigenvalue weighted by molar-refractivity contribution is 6.67. The third-order valence-corrected chi connectivity index (χ3v) is 1.83. The molecule has 0 fully saturated rings. The minimum absolute atomic E-state index is 0.0193. The van der Waals surface area contributed by atoms with Gasteiger partial charge >= 0.3 is 16.3 Å². The van der Waals surface area contributed by atoms with Crippen LogP contribution in [0.15, 0.2) is 16.5 Å².